The molecule has 7 heteroatoms. The third-order valence-electron chi connectivity index (χ3n) is 3.09. The van der Waals surface area contributed by atoms with Gasteiger partial charge in [-0.3, -0.25) is 4.79 Å². The van der Waals surface area contributed by atoms with Crippen molar-refractivity contribution < 1.29 is 14.3 Å². The second kappa shape index (κ2) is 6.68. The molecule has 0 spiro atoms. The van der Waals surface area contributed by atoms with Gasteiger partial charge in [0.05, 0.1) is 12.7 Å². The quantitative estimate of drug-likeness (QED) is 0.666. The van der Waals surface area contributed by atoms with Crippen LogP contribution < -0.4 is 5.32 Å². The summed E-state index contributed by atoms with van der Waals surface area (Å²) in [6.07, 6.45) is 1.45. The molecule has 0 aliphatic rings. The Bertz CT molecular complexity index is 750. The average Bonchev–Trinajstić information content (AvgIpc) is 2.90. The zero-order valence-corrected chi connectivity index (χ0v) is 14.8. The fourth-order valence-corrected chi connectivity index (χ4v) is 3.11. The van der Waals surface area contributed by atoms with Gasteiger partial charge in [-0.05, 0) is 23.6 Å². The minimum absolute atomic E-state index is 0.142. The van der Waals surface area contributed by atoms with E-state index in [1.807, 2.05) is 20.8 Å². The number of rotatable bonds is 3. The van der Waals surface area contributed by atoms with Crippen molar-refractivity contribution in [2.45, 2.75) is 26.2 Å². The number of thiophene rings is 1. The summed E-state index contributed by atoms with van der Waals surface area (Å²) in [4.78, 5) is 29.1. The molecule has 0 saturated heterocycles. The van der Waals surface area contributed by atoms with E-state index in [0.29, 0.717) is 16.1 Å². The van der Waals surface area contributed by atoms with Gasteiger partial charge in [-0.1, -0.05) is 32.4 Å². The molecule has 0 aliphatic heterocycles. The number of hydrogen-bond acceptors (Lipinski definition) is 5. The molecule has 122 valence electrons. The molecule has 0 bridgehead atoms. The topological polar surface area (TPSA) is 68.3 Å². The maximum atomic E-state index is 12.3. The SMILES string of the molecule is COC(=O)c1cc(C(C)(C)C)sc1NC(=O)c1ccnc(Cl)c1. The first-order valence-corrected chi connectivity index (χ1v) is 8.07. The minimum Gasteiger partial charge on any atom is -0.465 e. The van der Waals surface area contributed by atoms with Crippen LogP contribution in [-0.4, -0.2) is 24.0 Å². The van der Waals surface area contributed by atoms with E-state index in [1.165, 1.54) is 30.7 Å². The first kappa shape index (κ1) is 17.4. The summed E-state index contributed by atoms with van der Waals surface area (Å²) >= 11 is 7.15. The molecule has 1 amide bonds. The van der Waals surface area contributed by atoms with E-state index in [0.717, 1.165) is 4.88 Å². The lowest BCUT2D eigenvalue weighted by molar-refractivity contribution is 0.0602. The number of pyridine rings is 1. The monoisotopic (exact) mass is 352 g/mol. The van der Waals surface area contributed by atoms with Crippen molar-refractivity contribution in [3.05, 3.63) is 45.6 Å². The highest BCUT2D eigenvalue weighted by molar-refractivity contribution is 7.16. The van der Waals surface area contributed by atoms with Crippen LogP contribution in [0.15, 0.2) is 24.4 Å². The summed E-state index contributed by atoms with van der Waals surface area (Å²) < 4.78 is 4.79. The summed E-state index contributed by atoms with van der Waals surface area (Å²) in [5.41, 5.74) is 0.568. The summed E-state index contributed by atoms with van der Waals surface area (Å²) in [5.74, 6) is -0.846. The Kier molecular flexibility index (Phi) is 5.06. The smallest absolute Gasteiger partial charge is 0.340 e. The Balaban J connectivity index is 2.36. The first-order chi connectivity index (χ1) is 10.7. The van der Waals surface area contributed by atoms with Gasteiger partial charge in [0.1, 0.15) is 10.2 Å². The molecule has 0 fully saturated rings. The number of hydrogen-bond donors (Lipinski definition) is 1. The first-order valence-electron chi connectivity index (χ1n) is 6.88. The van der Waals surface area contributed by atoms with Gasteiger partial charge in [-0.15, -0.1) is 11.3 Å². The molecule has 2 rings (SSSR count). The van der Waals surface area contributed by atoms with Crippen molar-refractivity contribution in [1.29, 1.82) is 0 Å². The average molecular weight is 353 g/mol. The van der Waals surface area contributed by atoms with Crippen LogP contribution in [0.5, 0.6) is 0 Å². The zero-order chi connectivity index (χ0) is 17.2. The van der Waals surface area contributed by atoms with E-state index < -0.39 is 5.97 Å². The van der Waals surface area contributed by atoms with E-state index in [1.54, 1.807) is 12.1 Å². The number of amides is 1. The Labute approximate surface area is 143 Å². The van der Waals surface area contributed by atoms with Gasteiger partial charge in [0.15, 0.2) is 0 Å². The van der Waals surface area contributed by atoms with Crippen molar-refractivity contribution in [1.82, 2.24) is 4.98 Å². The lowest BCUT2D eigenvalue weighted by atomic mass is 9.94. The van der Waals surface area contributed by atoms with Gasteiger partial charge in [-0.2, -0.15) is 0 Å². The molecule has 0 unspecified atom stereocenters. The number of ether oxygens (including phenoxy) is 1. The molecule has 2 aromatic heterocycles. The number of esters is 1. The van der Waals surface area contributed by atoms with Crippen molar-refractivity contribution in [3.8, 4) is 0 Å². The zero-order valence-electron chi connectivity index (χ0n) is 13.3. The predicted molar refractivity (Wildman–Crippen MR) is 91.6 cm³/mol. The van der Waals surface area contributed by atoms with Crippen LogP contribution in [-0.2, 0) is 10.2 Å². The molecule has 0 aromatic carbocycles. The molecule has 0 radical (unpaired) electrons. The van der Waals surface area contributed by atoms with Crippen molar-refractivity contribution in [3.63, 3.8) is 0 Å². The van der Waals surface area contributed by atoms with Gasteiger partial charge < -0.3 is 10.1 Å². The van der Waals surface area contributed by atoms with Crippen LogP contribution in [0.4, 0.5) is 5.00 Å². The van der Waals surface area contributed by atoms with E-state index >= 15 is 0 Å². The molecule has 1 N–H and O–H groups in total. The molecule has 23 heavy (non-hydrogen) atoms. The lowest BCUT2D eigenvalue weighted by Gasteiger charge is -2.15. The summed E-state index contributed by atoms with van der Waals surface area (Å²) in [7, 11) is 1.31. The van der Waals surface area contributed by atoms with E-state index in [4.69, 9.17) is 16.3 Å². The van der Waals surface area contributed by atoms with Crippen LogP contribution in [0.25, 0.3) is 0 Å². The minimum atomic E-state index is -0.486. The molecule has 0 saturated carbocycles. The number of nitrogens with zero attached hydrogens (tertiary/aromatic N) is 1. The predicted octanol–water partition coefficient (Wildman–Crippen LogP) is 4.13. The second-order valence-electron chi connectivity index (χ2n) is 5.92. The number of halogens is 1. The molecule has 0 atom stereocenters. The van der Waals surface area contributed by atoms with E-state index in [9.17, 15) is 9.59 Å². The number of nitrogens with one attached hydrogen (secondary N) is 1. The van der Waals surface area contributed by atoms with Crippen LogP contribution in [0.1, 0.15) is 46.4 Å². The summed E-state index contributed by atoms with van der Waals surface area (Å²) in [6, 6.07) is 4.77. The molecule has 2 aromatic rings. The van der Waals surface area contributed by atoms with Gasteiger partial charge in [0.25, 0.3) is 5.91 Å². The van der Waals surface area contributed by atoms with Crippen molar-refractivity contribution in [2.75, 3.05) is 12.4 Å². The number of carbonyl (C=O) groups is 2. The van der Waals surface area contributed by atoms with Gasteiger partial charge in [-0.25, -0.2) is 9.78 Å². The third-order valence-corrected chi connectivity index (χ3v) is 4.78. The van der Waals surface area contributed by atoms with Crippen LogP contribution in [0, 0.1) is 0 Å². The molecular weight excluding hydrogens is 336 g/mol. The normalized spacial score (nSPS) is 11.2. The number of anilines is 1. The molecule has 0 aliphatic carbocycles. The molecule has 5 nitrogen and oxygen atoms in total. The maximum Gasteiger partial charge on any atom is 0.340 e. The largest absolute Gasteiger partial charge is 0.465 e. The molecular formula is C16H17ClN2O3S. The van der Waals surface area contributed by atoms with Gasteiger partial charge in [0, 0.05) is 16.6 Å². The van der Waals surface area contributed by atoms with Crippen molar-refractivity contribution in [2.24, 2.45) is 0 Å². The Morgan fingerprint density at radius 2 is 2.00 bits per heavy atom. The highest BCUT2D eigenvalue weighted by Crippen LogP contribution is 2.36. The highest BCUT2D eigenvalue weighted by Gasteiger charge is 2.24. The van der Waals surface area contributed by atoms with E-state index in [-0.39, 0.29) is 16.5 Å². The third kappa shape index (κ3) is 4.09. The molecule has 2 heterocycles. The maximum absolute atomic E-state index is 12.3. The van der Waals surface area contributed by atoms with E-state index in [2.05, 4.69) is 10.3 Å². The second-order valence-corrected chi connectivity index (χ2v) is 7.36. The Morgan fingerprint density at radius 1 is 1.30 bits per heavy atom. The Hall–Kier alpha value is -1.92. The summed E-state index contributed by atoms with van der Waals surface area (Å²) in [6.45, 7) is 6.11. The number of carbonyl (C=O) groups excluding carboxylic acids is 2. The lowest BCUT2D eigenvalue weighted by Crippen LogP contribution is -2.13. The van der Waals surface area contributed by atoms with Gasteiger partial charge in [0.2, 0.25) is 0 Å². The fourth-order valence-electron chi connectivity index (χ4n) is 1.83. The highest BCUT2D eigenvalue weighted by atomic mass is 35.5. The van der Waals surface area contributed by atoms with Crippen LogP contribution in [0.3, 0.4) is 0 Å². The summed E-state index contributed by atoms with van der Waals surface area (Å²) in [5, 5.41) is 3.44. The standard InChI is InChI=1S/C16H17ClN2O3S/c1-16(2,3)11-8-10(15(21)22-4)14(23-11)19-13(20)9-5-6-18-12(17)7-9/h5-8H,1-4H3,(H,19,20). The Morgan fingerprint density at radius 3 is 2.57 bits per heavy atom. The fraction of sp³-hybridized carbons (Fsp3) is 0.312. The van der Waals surface area contributed by atoms with Crippen LogP contribution in [0.2, 0.25) is 5.15 Å². The van der Waals surface area contributed by atoms with Gasteiger partial charge >= 0.3 is 5.97 Å². The van der Waals surface area contributed by atoms with Crippen molar-refractivity contribution >= 4 is 39.8 Å². The van der Waals surface area contributed by atoms with Crippen LogP contribution >= 0.6 is 22.9 Å². The number of methoxy groups -OCH3 is 1. The number of aromatic nitrogens is 1.